The molecule has 2 fully saturated rings. The van der Waals surface area contributed by atoms with Gasteiger partial charge in [0.2, 0.25) is 17.0 Å². The van der Waals surface area contributed by atoms with Gasteiger partial charge in [0, 0.05) is 12.5 Å². The molecule has 7 nitrogen and oxygen atoms in total. The molecule has 0 unspecified atom stereocenters. The van der Waals surface area contributed by atoms with E-state index >= 15 is 0 Å². The van der Waals surface area contributed by atoms with E-state index in [1.165, 1.54) is 31.0 Å². The van der Waals surface area contributed by atoms with Crippen LogP contribution in [0.5, 0.6) is 0 Å². The fourth-order valence-electron chi connectivity index (χ4n) is 4.48. The molecule has 1 atom stereocenters. The number of rotatable bonds is 6. The monoisotopic (exact) mass is 427 g/mol. The van der Waals surface area contributed by atoms with Gasteiger partial charge in [-0.25, -0.2) is 9.67 Å². The van der Waals surface area contributed by atoms with Crippen molar-refractivity contribution in [3.05, 3.63) is 36.2 Å². The van der Waals surface area contributed by atoms with E-state index in [4.69, 9.17) is 15.8 Å². The maximum Gasteiger partial charge on any atom is 0.240 e. The third kappa shape index (κ3) is 4.69. The van der Waals surface area contributed by atoms with Crippen LogP contribution in [0, 0.1) is 0 Å². The Hall–Kier alpha value is -2.35. The van der Waals surface area contributed by atoms with Crippen LogP contribution in [0.15, 0.2) is 35.5 Å². The second-order valence-corrected chi connectivity index (χ2v) is 9.07. The zero-order chi connectivity index (χ0) is 20.9. The van der Waals surface area contributed by atoms with E-state index in [0.717, 1.165) is 37.2 Å². The molecule has 8 heteroatoms. The fourth-order valence-corrected chi connectivity index (χ4v) is 5.20. The first-order valence-electron chi connectivity index (χ1n) is 10.9. The molecule has 1 aliphatic carbocycles. The number of carbonyl (C=O) groups is 2. The van der Waals surface area contributed by atoms with Gasteiger partial charge in [0.1, 0.15) is 11.9 Å². The number of nitrogens with zero attached hydrogens (tertiary/aromatic N) is 4. The minimum Gasteiger partial charge on any atom is -0.368 e. The number of aromatic nitrogens is 3. The molecule has 160 valence electrons. The minimum atomic E-state index is -0.487. The topological polar surface area (TPSA) is 94.1 Å². The molecule has 1 saturated carbocycles. The zero-order valence-electron chi connectivity index (χ0n) is 17.2. The molecular weight excluding hydrogens is 398 g/mol. The van der Waals surface area contributed by atoms with Gasteiger partial charge < -0.3 is 10.6 Å². The summed E-state index contributed by atoms with van der Waals surface area (Å²) >= 11 is 1.34. The van der Waals surface area contributed by atoms with Crippen LogP contribution in [0.2, 0.25) is 0 Å². The molecule has 0 radical (unpaired) electrons. The summed E-state index contributed by atoms with van der Waals surface area (Å²) in [4.78, 5) is 31.0. The number of primary amides is 1. The Morgan fingerprint density at radius 1 is 1.03 bits per heavy atom. The summed E-state index contributed by atoms with van der Waals surface area (Å²) in [6, 6.07) is 9.57. The van der Waals surface area contributed by atoms with Crippen LogP contribution < -0.4 is 5.73 Å². The normalized spacial score (nSPS) is 20.3. The van der Waals surface area contributed by atoms with Crippen LogP contribution in [-0.4, -0.2) is 49.8 Å². The summed E-state index contributed by atoms with van der Waals surface area (Å²) in [7, 11) is 0. The first kappa shape index (κ1) is 20.9. The number of thioether (sulfide) groups is 1. The van der Waals surface area contributed by atoms with Crippen LogP contribution in [0.4, 0.5) is 0 Å². The van der Waals surface area contributed by atoms with Gasteiger partial charge in [0.15, 0.2) is 0 Å². The first-order valence-corrected chi connectivity index (χ1v) is 11.9. The second kappa shape index (κ2) is 9.64. The molecule has 2 aliphatic rings. The third-order valence-corrected chi connectivity index (χ3v) is 6.88. The molecule has 0 spiro atoms. The maximum atomic E-state index is 12.8. The lowest BCUT2D eigenvalue weighted by molar-refractivity contribution is -0.138. The maximum absolute atomic E-state index is 12.8. The van der Waals surface area contributed by atoms with E-state index in [1.54, 1.807) is 4.90 Å². The summed E-state index contributed by atoms with van der Waals surface area (Å²) in [6.45, 7) is 0.589. The van der Waals surface area contributed by atoms with Crippen LogP contribution in [0.25, 0.3) is 5.69 Å². The molecule has 0 bridgehead atoms. The standard InChI is InChI=1S/C22H29N5O2S/c23-20(29)18-13-7-8-14-26(18)19(28)15-30-22-24-21(16-9-3-1-4-10-16)27(25-22)17-11-5-2-6-12-17/h2,5-6,11-12,16,18H,1,3-4,7-10,13-15H2,(H2,23,29)/t18-/m1/s1. The summed E-state index contributed by atoms with van der Waals surface area (Å²) < 4.78 is 1.94. The number of likely N-dealkylation sites (tertiary alicyclic amines) is 1. The number of nitrogens with two attached hydrogens (primary N) is 1. The average molecular weight is 428 g/mol. The number of hydrogen-bond donors (Lipinski definition) is 1. The number of carbonyl (C=O) groups excluding carboxylic acids is 2. The van der Waals surface area contributed by atoms with Gasteiger partial charge in [0.05, 0.1) is 11.4 Å². The van der Waals surface area contributed by atoms with Crippen molar-refractivity contribution in [2.75, 3.05) is 12.3 Å². The smallest absolute Gasteiger partial charge is 0.240 e. The lowest BCUT2D eigenvalue weighted by atomic mass is 9.88. The van der Waals surface area contributed by atoms with Crippen LogP contribution in [0.3, 0.4) is 0 Å². The van der Waals surface area contributed by atoms with Crippen molar-refractivity contribution >= 4 is 23.6 Å². The van der Waals surface area contributed by atoms with E-state index in [2.05, 4.69) is 0 Å². The van der Waals surface area contributed by atoms with Crippen LogP contribution in [-0.2, 0) is 9.59 Å². The van der Waals surface area contributed by atoms with E-state index in [1.807, 2.05) is 35.0 Å². The Morgan fingerprint density at radius 3 is 2.50 bits per heavy atom. The summed E-state index contributed by atoms with van der Waals surface area (Å²) in [5.74, 6) is 1.12. The first-order chi connectivity index (χ1) is 14.6. The van der Waals surface area contributed by atoms with Gasteiger partial charge in [-0.15, -0.1) is 5.10 Å². The molecule has 1 aromatic carbocycles. The predicted octanol–water partition coefficient (Wildman–Crippen LogP) is 3.27. The molecule has 2 aromatic rings. The molecule has 1 aliphatic heterocycles. The predicted molar refractivity (Wildman–Crippen MR) is 116 cm³/mol. The highest BCUT2D eigenvalue weighted by atomic mass is 32.2. The molecule has 2 amide bonds. The Kier molecular flexibility index (Phi) is 6.72. The molecular formula is C22H29N5O2S. The van der Waals surface area contributed by atoms with Gasteiger partial charge >= 0.3 is 0 Å². The van der Waals surface area contributed by atoms with Gasteiger partial charge in [-0.05, 0) is 44.2 Å². The molecule has 1 aromatic heterocycles. The van der Waals surface area contributed by atoms with E-state index in [0.29, 0.717) is 24.0 Å². The molecule has 2 heterocycles. The average Bonchev–Trinajstić information content (AvgIpc) is 3.23. The van der Waals surface area contributed by atoms with Crippen molar-refractivity contribution in [1.29, 1.82) is 0 Å². The highest BCUT2D eigenvalue weighted by Gasteiger charge is 2.31. The Bertz CT molecular complexity index is 879. The highest BCUT2D eigenvalue weighted by Crippen LogP contribution is 2.34. The van der Waals surface area contributed by atoms with Crippen molar-refractivity contribution in [2.45, 2.75) is 68.5 Å². The fraction of sp³-hybridized carbons (Fsp3) is 0.545. The minimum absolute atomic E-state index is 0.0706. The second-order valence-electron chi connectivity index (χ2n) is 8.12. The SMILES string of the molecule is NC(=O)[C@H]1CCCCN1C(=O)CSc1nc(C2CCCCC2)n(-c2ccccc2)n1. The van der Waals surface area contributed by atoms with E-state index < -0.39 is 11.9 Å². The number of benzene rings is 1. The lowest BCUT2D eigenvalue weighted by Gasteiger charge is -2.33. The Labute approximate surface area is 181 Å². The van der Waals surface area contributed by atoms with E-state index in [9.17, 15) is 9.59 Å². The van der Waals surface area contributed by atoms with Crippen molar-refractivity contribution in [1.82, 2.24) is 19.7 Å². The third-order valence-electron chi connectivity index (χ3n) is 6.06. The van der Waals surface area contributed by atoms with Gasteiger partial charge in [-0.1, -0.05) is 49.2 Å². The Morgan fingerprint density at radius 2 is 1.77 bits per heavy atom. The molecule has 4 rings (SSSR count). The van der Waals surface area contributed by atoms with Crippen molar-refractivity contribution in [3.63, 3.8) is 0 Å². The highest BCUT2D eigenvalue weighted by molar-refractivity contribution is 7.99. The van der Waals surface area contributed by atoms with Crippen LogP contribution >= 0.6 is 11.8 Å². The van der Waals surface area contributed by atoms with Gasteiger partial charge in [-0.3, -0.25) is 9.59 Å². The van der Waals surface area contributed by atoms with Crippen molar-refractivity contribution in [3.8, 4) is 5.69 Å². The van der Waals surface area contributed by atoms with Gasteiger partial charge in [0.25, 0.3) is 0 Å². The number of amides is 2. The van der Waals surface area contributed by atoms with Crippen molar-refractivity contribution in [2.24, 2.45) is 5.73 Å². The zero-order valence-corrected chi connectivity index (χ0v) is 18.0. The van der Waals surface area contributed by atoms with Crippen molar-refractivity contribution < 1.29 is 9.59 Å². The largest absolute Gasteiger partial charge is 0.368 e. The molecule has 1 saturated heterocycles. The quantitative estimate of drug-likeness (QED) is 0.714. The summed E-state index contributed by atoms with van der Waals surface area (Å²) in [5, 5.41) is 5.34. The molecule has 2 N–H and O–H groups in total. The van der Waals surface area contributed by atoms with Crippen LogP contribution in [0.1, 0.15) is 63.1 Å². The number of para-hydroxylation sites is 1. The Balaban J connectivity index is 1.50. The molecule has 30 heavy (non-hydrogen) atoms. The number of hydrogen-bond acceptors (Lipinski definition) is 5. The summed E-state index contributed by atoms with van der Waals surface area (Å²) in [5.41, 5.74) is 6.50. The summed E-state index contributed by atoms with van der Waals surface area (Å²) in [6.07, 6.45) is 8.46. The van der Waals surface area contributed by atoms with Gasteiger partial charge in [-0.2, -0.15) is 0 Å². The number of piperidine rings is 1. The lowest BCUT2D eigenvalue weighted by Crippen LogP contribution is -2.51. The van der Waals surface area contributed by atoms with E-state index in [-0.39, 0.29) is 11.7 Å².